The molecule has 2 rings (SSSR count). The fourth-order valence-electron chi connectivity index (χ4n) is 2.37. The van der Waals surface area contributed by atoms with Crippen LogP contribution in [0.1, 0.15) is 48.1 Å². The monoisotopic (exact) mass is 267 g/mol. The molecule has 1 fully saturated rings. The van der Waals surface area contributed by atoms with Crippen molar-refractivity contribution in [2.75, 3.05) is 13.1 Å². The molecule has 0 saturated carbocycles. The molecule has 1 aromatic heterocycles. The first-order chi connectivity index (χ1) is 8.72. The Morgan fingerprint density at radius 2 is 2.39 bits per heavy atom. The Kier molecular flexibility index (Phi) is 4.72. The average molecular weight is 267 g/mol. The van der Waals surface area contributed by atoms with Gasteiger partial charge in [0.05, 0.1) is 5.01 Å². The standard InChI is InChI=1S/C13H21N3OS/c1-10-5-3-2-4-8-16(10)13(17)11-9-18-12(15-11)6-7-14/h9-10H,2-8,14H2,1H3. The summed E-state index contributed by atoms with van der Waals surface area (Å²) in [6.45, 7) is 3.58. The molecular formula is C13H21N3OS. The van der Waals surface area contributed by atoms with Crippen LogP contribution in [0.3, 0.4) is 0 Å². The quantitative estimate of drug-likeness (QED) is 0.912. The van der Waals surface area contributed by atoms with Gasteiger partial charge in [-0.3, -0.25) is 4.79 Å². The number of nitrogens with two attached hydrogens (primary N) is 1. The average Bonchev–Trinajstić information content (AvgIpc) is 2.71. The number of carbonyl (C=O) groups excluding carboxylic acids is 1. The van der Waals surface area contributed by atoms with Gasteiger partial charge in [0.25, 0.3) is 5.91 Å². The maximum absolute atomic E-state index is 12.4. The highest BCUT2D eigenvalue weighted by Gasteiger charge is 2.24. The first-order valence-electron chi connectivity index (χ1n) is 6.68. The molecule has 0 aliphatic carbocycles. The summed E-state index contributed by atoms with van der Waals surface area (Å²) in [6.07, 6.45) is 5.42. The summed E-state index contributed by atoms with van der Waals surface area (Å²) in [7, 11) is 0. The fourth-order valence-corrected chi connectivity index (χ4v) is 3.16. The van der Waals surface area contributed by atoms with E-state index >= 15 is 0 Å². The molecule has 1 amide bonds. The first kappa shape index (κ1) is 13.5. The van der Waals surface area contributed by atoms with E-state index < -0.39 is 0 Å². The Morgan fingerprint density at radius 1 is 1.56 bits per heavy atom. The SMILES string of the molecule is CC1CCCCCN1C(=O)c1csc(CCN)n1. The molecule has 1 unspecified atom stereocenters. The minimum atomic E-state index is 0.0870. The van der Waals surface area contributed by atoms with Gasteiger partial charge in [-0.25, -0.2) is 4.98 Å². The van der Waals surface area contributed by atoms with Crippen molar-refractivity contribution in [1.29, 1.82) is 0 Å². The molecular weight excluding hydrogens is 246 g/mol. The summed E-state index contributed by atoms with van der Waals surface area (Å²) in [6, 6.07) is 0.333. The van der Waals surface area contributed by atoms with E-state index in [1.807, 2.05) is 10.3 Å². The third-order valence-electron chi connectivity index (χ3n) is 3.44. The number of nitrogens with zero attached hydrogens (tertiary/aromatic N) is 2. The Bertz CT molecular complexity index is 405. The molecule has 1 aromatic rings. The van der Waals surface area contributed by atoms with Crippen LogP contribution in [-0.4, -0.2) is 34.9 Å². The van der Waals surface area contributed by atoms with E-state index in [1.165, 1.54) is 24.2 Å². The lowest BCUT2D eigenvalue weighted by molar-refractivity contribution is 0.0692. The lowest BCUT2D eigenvalue weighted by Gasteiger charge is -2.26. The summed E-state index contributed by atoms with van der Waals surface area (Å²) in [5, 5.41) is 2.83. The predicted molar refractivity (Wildman–Crippen MR) is 73.8 cm³/mol. The number of aromatic nitrogens is 1. The second-order valence-electron chi connectivity index (χ2n) is 4.86. The zero-order valence-corrected chi connectivity index (χ0v) is 11.7. The maximum Gasteiger partial charge on any atom is 0.273 e. The minimum absolute atomic E-state index is 0.0870. The largest absolute Gasteiger partial charge is 0.335 e. The Morgan fingerprint density at radius 3 is 3.17 bits per heavy atom. The Labute approximate surface area is 112 Å². The maximum atomic E-state index is 12.4. The lowest BCUT2D eigenvalue weighted by Crippen LogP contribution is -2.38. The number of rotatable bonds is 3. The molecule has 2 N–H and O–H groups in total. The van der Waals surface area contributed by atoms with Crippen molar-refractivity contribution in [1.82, 2.24) is 9.88 Å². The van der Waals surface area contributed by atoms with Crippen LogP contribution in [-0.2, 0) is 6.42 Å². The van der Waals surface area contributed by atoms with Crippen LogP contribution in [0.5, 0.6) is 0 Å². The van der Waals surface area contributed by atoms with Crippen LogP contribution >= 0.6 is 11.3 Å². The summed E-state index contributed by atoms with van der Waals surface area (Å²) in [5.41, 5.74) is 6.10. The molecule has 0 bridgehead atoms. The van der Waals surface area contributed by atoms with Crippen molar-refractivity contribution in [2.24, 2.45) is 5.73 Å². The van der Waals surface area contributed by atoms with Crippen LogP contribution in [0.15, 0.2) is 5.38 Å². The van der Waals surface area contributed by atoms with Gasteiger partial charge in [0, 0.05) is 24.4 Å². The summed E-state index contributed by atoms with van der Waals surface area (Å²) in [5.74, 6) is 0.0870. The van der Waals surface area contributed by atoms with Gasteiger partial charge >= 0.3 is 0 Å². The van der Waals surface area contributed by atoms with Crippen LogP contribution in [0.2, 0.25) is 0 Å². The predicted octanol–water partition coefficient (Wildman–Crippen LogP) is 2.05. The highest BCUT2D eigenvalue weighted by molar-refractivity contribution is 7.09. The molecule has 0 radical (unpaired) electrons. The molecule has 4 nitrogen and oxygen atoms in total. The van der Waals surface area contributed by atoms with Gasteiger partial charge in [-0.1, -0.05) is 12.8 Å². The van der Waals surface area contributed by atoms with E-state index in [2.05, 4.69) is 11.9 Å². The van der Waals surface area contributed by atoms with Gasteiger partial charge in [-0.05, 0) is 26.3 Å². The summed E-state index contributed by atoms with van der Waals surface area (Å²) in [4.78, 5) is 18.8. The number of carbonyl (C=O) groups is 1. The van der Waals surface area contributed by atoms with E-state index in [4.69, 9.17) is 5.73 Å². The van der Waals surface area contributed by atoms with E-state index in [9.17, 15) is 4.79 Å². The van der Waals surface area contributed by atoms with Crippen LogP contribution in [0.25, 0.3) is 0 Å². The van der Waals surface area contributed by atoms with Gasteiger partial charge in [-0.15, -0.1) is 11.3 Å². The zero-order chi connectivity index (χ0) is 13.0. The zero-order valence-electron chi connectivity index (χ0n) is 10.9. The van der Waals surface area contributed by atoms with E-state index in [-0.39, 0.29) is 5.91 Å². The summed E-state index contributed by atoms with van der Waals surface area (Å²) < 4.78 is 0. The van der Waals surface area contributed by atoms with Gasteiger partial charge in [-0.2, -0.15) is 0 Å². The van der Waals surface area contributed by atoms with Crippen molar-refractivity contribution in [3.05, 3.63) is 16.1 Å². The topological polar surface area (TPSA) is 59.2 Å². The molecule has 1 atom stereocenters. The number of likely N-dealkylation sites (tertiary alicyclic amines) is 1. The van der Waals surface area contributed by atoms with E-state index in [0.717, 1.165) is 30.8 Å². The molecule has 5 heteroatoms. The second kappa shape index (κ2) is 6.29. The van der Waals surface area contributed by atoms with Crippen LogP contribution in [0.4, 0.5) is 0 Å². The van der Waals surface area contributed by atoms with Crippen molar-refractivity contribution < 1.29 is 4.79 Å². The van der Waals surface area contributed by atoms with Crippen molar-refractivity contribution in [3.8, 4) is 0 Å². The van der Waals surface area contributed by atoms with E-state index in [1.54, 1.807) is 0 Å². The first-order valence-corrected chi connectivity index (χ1v) is 7.55. The molecule has 2 heterocycles. The van der Waals surface area contributed by atoms with Crippen molar-refractivity contribution in [2.45, 2.75) is 45.1 Å². The highest BCUT2D eigenvalue weighted by Crippen LogP contribution is 2.20. The third-order valence-corrected chi connectivity index (χ3v) is 4.35. The molecule has 18 heavy (non-hydrogen) atoms. The Balaban J connectivity index is 2.08. The molecule has 0 aromatic carbocycles. The number of amides is 1. The van der Waals surface area contributed by atoms with Gasteiger partial charge in [0.2, 0.25) is 0 Å². The smallest absolute Gasteiger partial charge is 0.273 e. The van der Waals surface area contributed by atoms with Gasteiger partial charge in [0.15, 0.2) is 0 Å². The van der Waals surface area contributed by atoms with Crippen molar-refractivity contribution >= 4 is 17.2 Å². The van der Waals surface area contributed by atoms with Gasteiger partial charge < -0.3 is 10.6 Å². The fraction of sp³-hybridized carbons (Fsp3) is 0.692. The van der Waals surface area contributed by atoms with Crippen LogP contribution < -0.4 is 5.73 Å². The molecule has 100 valence electrons. The molecule has 1 saturated heterocycles. The highest BCUT2D eigenvalue weighted by atomic mass is 32.1. The number of hydrogen-bond acceptors (Lipinski definition) is 4. The molecule has 0 spiro atoms. The normalized spacial score (nSPS) is 20.8. The second-order valence-corrected chi connectivity index (χ2v) is 5.80. The van der Waals surface area contributed by atoms with Crippen molar-refractivity contribution in [3.63, 3.8) is 0 Å². The van der Waals surface area contributed by atoms with Crippen LogP contribution in [0, 0.1) is 0 Å². The number of hydrogen-bond donors (Lipinski definition) is 1. The minimum Gasteiger partial charge on any atom is -0.335 e. The Hall–Kier alpha value is -0.940. The van der Waals surface area contributed by atoms with Gasteiger partial charge in [0.1, 0.15) is 5.69 Å². The molecule has 1 aliphatic rings. The number of thiazole rings is 1. The summed E-state index contributed by atoms with van der Waals surface area (Å²) >= 11 is 1.53. The van der Waals surface area contributed by atoms with E-state index in [0.29, 0.717) is 18.3 Å². The third kappa shape index (κ3) is 3.09. The molecule has 1 aliphatic heterocycles. The lowest BCUT2D eigenvalue weighted by atomic mass is 10.1.